The van der Waals surface area contributed by atoms with Crippen molar-refractivity contribution in [2.24, 2.45) is 0 Å². The summed E-state index contributed by atoms with van der Waals surface area (Å²) in [5, 5.41) is 19.5. The predicted octanol–water partition coefficient (Wildman–Crippen LogP) is 26.9. The van der Waals surface area contributed by atoms with Crippen LogP contribution in [-0.2, 0) is 0 Å². The highest BCUT2D eigenvalue weighted by atomic mass is 16.3. The zero-order chi connectivity index (χ0) is 68.1. The Labute approximate surface area is 596 Å². The molecule has 23 aromatic rings. The molecule has 0 unspecified atom stereocenters. The van der Waals surface area contributed by atoms with E-state index in [9.17, 15) is 0 Å². The van der Waals surface area contributed by atoms with Crippen LogP contribution in [0.4, 0.5) is 0 Å². The van der Waals surface area contributed by atoms with Gasteiger partial charge in [-0.15, -0.1) is 0 Å². The molecule has 0 aliphatic rings. The average Bonchev–Trinajstić information content (AvgIpc) is 1.56. The molecule has 0 amide bonds. The standard InChI is InChI=1S/C52H32N2O.C46H28N2O/c1-2-10-33(11-3-1)36-21-26-51-45(31-36)46-32-40(23-27-52(46)55-51)54-48-17-9-7-15-42(48)44-30-38(20-25-50(44)54)37-19-24-49-43(29-37)41-14-6-8-16-47(41)53(49)39-22-18-34-12-4-5-13-35(34)28-39;1-2-10-30-25-33(20-17-29(30)9-1)47-41-14-6-3-11-35(41)39-26-31(18-23-43(39)47)32-19-24-44-40(27-32)36-12-4-7-15-42(36)48(44)34-21-22-38-37-13-5-8-16-45(37)49-46(38)28-34/h1-32H;1-28H. The van der Waals surface area contributed by atoms with Gasteiger partial charge >= 0.3 is 0 Å². The Morgan fingerprint density at radius 2 is 0.442 bits per heavy atom. The van der Waals surface area contributed by atoms with Gasteiger partial charge in [0, 0.05) is 93.5 Å². The van der Waals surface area contributed by atoms with Crippen LogP contribution < -0.4 is 0 Å². The van der Waals surface area contributed by atoms with Crippen LogP contribution in [-0.4, -0.2) is 18.3 Å². The number of para-hydroxylation sites is 5. The first-order chi connectivity index (χ1) is 51.5. The molecular weight excluding hydrogens is 1270 g/mol. The second kappa shape index (κ2) is 22.8. The highest BCUT2D eigenvalue weighted by Gasteiger charge is 2.21. The maximum absolute atomic E-state index is 6.35. The Morgan fingerprint density at radius 1 is 0.144 bits per heavy atom. The number of fused-ring (bicyclic) bond motifs is 20. The lowest BCUT2D eigenvalue weighted by molar-refractivity contribution is 0.668. The van der Waals surface area contributed by atoms with Gasteiger partial charge < -0.3 is 27.1 Å². The molecule has 0 aliphatic heterocycles. The minimum absolute atomic E-state index is 0.893. The van der Waals surface area contributed by atoms with E-state index in [0.29, 0.717) is 0 Å². The number of hydrogen-bond acceptors (Lipinski definition) is 2. The third-order valence-corrected chi connectivity index (χ3v) is 21.8. The zero-order valence-electron chi connectivity index (χ0n) is 56.2. The average molecular weight is 1330 g/mol. The van der Waals surface area contributed by atoms with E-state index >= 15 is 0 Å². The summed E-state index contributed by atoms with van der Waals surface area (Å²) in [5.41, 5.74) is 24.9. The molecule has 6 aromatic heterocycles. The molecule has 17 aromatic carbocycles. The summed E-state index contributed by atoms with van der Waals surface area (Å²) in [4.78, 5) is 0. The Kier molecular flexibility index (Phi) is 12.7. The summed E-state index contributed by atoms with van der Waals surface area (Å²) < 4.78 is 22.2. The smallest absolute Gasteiger partial charge is 0.137 e. The van der Waals surface area contributed by atoms with Gasteiger partial charge in [0.05, 0.1) is 44.1 Å². The SMILES string of the molecule is c1ccc(-c2ccc3oc4ccc(-n5c6ccccc6c6cc(-c7ccc8c(c7)c7ccccc7n8-c7ccc8ccccc8c7)ccc65)cc4c3c2)cc1.c1ccc2cc(-n3c4ccccc4c4cc(-c5ccc6c(c5)c5ccccc5n6-c5ccc6c(c5)oc5ccccc56)ccc43)ccc2c1. The second-order valence-electron chi connectivity index (χ2n) is 27.5. The van der Waals surface area contributed by atoms with Crippen molar-refractivity contribution < 1.29 is 8.83 Å². The number of hydrogen-bond donors (Lipinski definition) is 0. The van der Waals surface area contributed by atoms with E-state index in [1.165, 1.54) is 154 Å². The summed E-state index contributed by atoms with van der Waals surface area (Å²) in [6, 6.07) is 132. The molecule has 0 saturated carbocycles. The minimum atomic E-state index is 0.893. The first-order valence-electron chi connectivity index (χ1n) is 35.6. The minimum Gasteiger partial charge on any atom is -0.456 e. The highest BCUT2D eigenvalue weighted by Crippen LogP contribution is 2.44. The molecule has 484 valence electrons. The summed E-state index contributed by atoms with van der Waals surface area (Å²) >= 11 is 0. The van der Waals surface area contributed by atoms with Gasteiger partial charge in [0.2, 0.25) is 0 Å². The molecule has 0 fully saturated rings. The van der Waals surface area contributed by atoms with E-state index in [2.05, 4.69) is 370 Å². The largest absolute Gasteiger partial charge is 0.456 e. The maximum Gasteiger partial charge on any atom is 0.137 e. The number of benzene rings is 17. The molecule has 6 nitrogen and oxygen atoms in total. The summed E-state index contributed by atoms with van der Waals surface area (Å²) in [6.07, 6.45) is 0. The summed E-state index contributed by atoms with van der Waals surface area (Å²) in [5.74, 6) is 0. The fourth-order valence-electron chi connectivity index (χ4n) is 16.9. The van der Waals surface area contributed by atoms with Crippen LogP contribution in [0.2, 0.25) is 0 Å². The van der Waals surface area contributed by atoms with Crippen molar-refractivity contribution in [3.8, 4) is 56.1 Å². The molecule has 23 rings (SSSR count). The Hall–Kier alpha value is -13.9. The van der Waals surface area contributed by atoms with Crippen molar-refractivity contribution in [2.45, 2.75) is 0 Å². The fourth-order valence-corrected chi connectivity index (χ4v) is 16.9. The zero-order valence-corrected chi connectivity index (χ0v) is 56.2. The molecule has 0 radical (unpaired) electrons. The van der Waals surface area contributed by atoms with Crippen LogP contribution in [0.5, 0.6) is 0 Å². The van der Waals surface area contributed by atoms with Crippen molar-refractivity contribution in [1.82, 2.24) is 18.3 Å². The molecule has 6 heterocycles. The van der Waals surface area contributed by atoms with Gasteiger partial charge in [0.25, 0.3) is 0 Å². The van der Waals surface area contributed by atoms with E-state index in [-0.39, 0.29) is 0 Å². The fraction of sp³-hybridized carbons (Fsp3) is 0. The van der Waals surface area contributed by atoms with Crippen LogP contribution in [0.1, 0.15) is 0 Å². The monoisotopic (exact) mass is 1320 g/mol. The number of rotatable bonds is 7. The number of nitrogens with zero attached hydrogens (tertiary/aromatic N) is 4. The van der Waals surface area contributed by atoms with Crippen LogP contribution in [0, 0.1) is 0 Å². The Bertz CT molecular complexity index is 7500. The van der Waals surface area contributed by atoms with Gasteiger partial charge in [-0.25, -0.2) is 0 Å². The van der Waals surface area contributed by atoms with Crippen LogP contribution in [0.3, 0.4) is 0 Å². The van der Waals surface area contributed by atoms with Gasteiger partial charge in [-0.3, -0.25) is 0 Å². The number of furan rings is 2. The molecule has 6 heteroatoms. The van der Waals surface area contributed by atoms with Gasteiger partial charge in [0.15, 0.2) is 0 Å². The van der Waals surface area contributed by atoms with E-state index in [0.717, 1.165) is 55.3 Å². The normalized spacial score (nSPS) is 12.0. The van der Waals surface area contributed by atoms with Crippen molar-refractivity contribution in [3.05, 3.63) is 364 Å². The Balaban J connectivity index is 0.000000132. The predicted molar refractivity (Wildman–Crippen MR) is 436 cm³/mol. The third-order valence-electron chi connectivity index (χ3n) is 21.8. The van der Waals surface area contributed by atoms with Crippen molar-refractivity contribution in [1.29, 1.82) is 0 Å². The van der Waals surface area contributed by atoms with E-state index in [4.69, 9.17) is 8.83 Å². The highest BCUT2D eigenvalue weighted by molar-refractivity contribution is 6.16. The van der Waals surface area contributed by atoms with Gasteiger partial charge in [-0.2, -0.15) is 0 Å². The number of aromatic nitrogens is 4. The Morgan fingerprint density at radius 3 is 0.923 bits per heavy atom. The van der Waals surface area contributed by atoms with Crippen LogP contribution in [0.15, 0.2) is 373 Å². The molecule has 0 saturated heterocycles. The molecule has 0 N–H and O–H groups in total. The maximum atomic E-state index is 6.35. The molecular formula is C98H60N4O2. The van der Waals surface area contributed by atoms with E-state index in [1.807, 2.05) is 12.1 Å². The van der Waals surface area contributed by atoms with Crippen molar-refractivity contribution >= 4 is 153 Å². The lowest BCUT2D eigenvalue weighted by Crippen LogP contribution is -1.94. The van der Waals surface area contributed by atoms with Crippen LogP contribution in [0.25, 0.3) is 209 Å². The first kappa shape index (κ1) is 57.9. The van der Waals surface area contributed by atoms with E-state index in [1.54, 1.807) is 0 Å². The molecule has 0 bridgehead atoms. The molecule has 104 heavy (non-hydrogen) atoms. The molecule has 0 aliphatic carbocycles. The van der Waals surface area contributed by atoms with Gasteiger partial charge in [0.1, 0.15) is 22.3 Å². The molecule has 0 spiro atoms. The van der Waals surface area contributed by atoms with Gasteiger partial charge in [-0.05, 0) is 201 Å². The van der Waals surface area contributed by atoms with Crippen LogP contribution >= 0.6 is 0 Å². The van der Waals surface area contributed by atoms with Crippen molar-refractivity contribution in [3.63, 3.8) is 0 Å². The quantitative estimate of drug-likeness (QED) is 0.160. The lowest BCUT2D eigenvalue weighted by Gasteiger charge is -2.10. The van der Waals surface area contributed by atoms with Gasteiger partial charge in [-0.1, -0.05) is 212 Å². The topological polar surface area (TPSA) is 46.0 Å². The second-order valence-corrected chi connectivity index (χ2v) is 27.5. The summed E-state index contributed by atoms with van der Waals surface area (Å²) in [6.45, 7) is 0. The van der Waals surface area contributed by atoms with Crippen molar-refractivity contribution in [2.75, 3.05) is 0 Å². The first-order valence-corrected chi connectivity index (χ1v) is 35.6. The summed E-state index contributed by atoms with van der Waals surface area (Å²) in [7, 11) is 0. The van der Waals surface area contributed by atoms with E-state index < -0.39 is 0 Å². The molecule has 0 atom stereocenters. The third kappa shape index (κ3) is 9.02. The lowest BCUT2D eigenvalue weighted by atomic mass is 10.0.